The second-order valence-corrected chi connectivity index (χ2v) is 7.89. The van der Waals surface area contributed by atoms with E-state index in [0.29, 0.717) is 24.9 Å². The molecule has 146 valence electrons. The first kappa shape index (κ1) is 22.0. The molecule has 0 radical (unpaired) electrons. The van der Waals surface area contributed by atoms with Crippen molar-refractivity contribution in [3.8, 4) is 0 Å². The minimum absolute atomic E-state index is 0. The smallest absolute Gasteiger partial charge is 0.317 e. The van der Waals surface area contributed by atoms with Gasteiger partial charge in [0.15, 0.2) is 0 Å². The number of halogens is 1. The molecule has 2 rings (SSSR count). The summed E-state index contributed by atoms with van der Waals surface area (Å²) in [4.78, 5) is 28.8. The number of nitrogens with two attached hydrogens (primary N) is 1. The molecule has 2 aliphatic heterocycles. The summed E-state index contributed by atoms with van der Waals surface area (Å²) in [6.45, 7) is 9.80. The molecule has 6 nitrogen and oxygen atoms in total. The SMILES string of the molecule is CC(C)CNC(=O)N1CCCC(C(=O)N2CCC(C(C)N)CC2)C1.Cl. The molecule has 0 aromatic rings. The van der Waals surface area contributed by atoms with Gasteiger partial charge in [-0.1, -0.05) is 13.8 Å². The summed E-state index contributed by atoms with van der Waals surface area (Å²) in [5, 5.41) is 2.96. The van der Waals surface area contributed by atoms with Crippen LogP contribution in [0.1, 0.15) is 46.5 Å². The first-order valence-corrected chi connectivity index (χ1v) is 9.45. The van der Waals surface area contributed by atoms with Crippen LogP contribution in [0, 0.1) is 17.8 Å². The Morgan fingerprint density at radius 3 is 2.28 bits per heavy atom. The molecule has 0 aliphatic carbocycles. The van der Waals surface area contributed by atoms with Gasteiger partial charge in [0.1, 0.15) is 0 Å². The molecule has 0 spiro atoms. The van der Waals surface area contributed by atoms with E-state index in [4.69, 9.17) is 5.73 Å². The van der Waals surface area contributed by atoms with E-state index in [1.54, 1.807) is 0 Å². The number of nitrogens with zero attached hydrogens (tertiary/aromatic N) is 2. The molecule has 3 N–H and O–H groups in total. The van der Waals surface area contributed by atoms with Crippen molar-refractivity contribution in [1.82, 2.24) is 15.1 Å². The van der Waals surface area contributed by atoms with Gasteiger partial charge in [-0.15, -0.1) is 12.4 Å². The van der Waals surface area contributed by atoms with Gasteiger partial charge in [-0.2, -0.15) is 0 Å². The summed E-state index contributed by atoms with van der Waals surface area (Å²) in [6.07, 6.45) is 3.78. The van der Waals surface area contributed by atoms with Crippen LogP contribution in [0.5, 0.6) is 0 Å². The molecule has 7 heteroatoms. The number of nitrogens with one attached hydrogen (secondary N) is 1. The van der Waals surface area contributed by atoms with Crippen LogP contribution in [0.25, 0.3) is 0 Å². The van der Waals surface area contributed by atoms with Crippen molar-refractivity contribution in [1.29, 1.82) is 0 Å². The van der Waals surface area contributed by atoms with Gasteiger partial charge >= 0.3 is 6.03 Å². The van der Waals surface area contributed by atoms with Gasteiger partial charge in [-0.05, 0) is 44.4 Å². The van der Waals surface area contributed by atoms with E-state index >= 15 is 0 Å². The van der Waals surface area contributed by atoms with E-state index in [9.17, 15) is 9.59 Å². The van der Waals surface area contributed by atoms with E-state index in [1.165, 1.54) is 0 Å². The molecule has 2 unspecified atom stereocenters. The molecule has 0 bridgehead atoms. The third-order valence-corrected chi connectivity index (χ3v) is 5.31. The molecule has 0 aromatic carbocycles. The third kappa shape index (κ3) is 6.33. The molecule has 2 heterocycles. The number of hydrogen-bond acceptors (Lipinski definition) is 3. The predicted octanol–water partition coefficient (Wildman–Crippen LogP) is 2.07. The highest BCUT2D eigenvalue weighted by atomic mass is 35.5. The van der Waals surface area contributed by atoms with Gasteiger partial charge < -0.3 is 20.9 Å². The number of hydrogen-bond donors (Lipinski definition) is 2. The molecule has 2 aliphatic rings. The van der Waals surface area contributed by atoms with Gasteiger partial charge in [-0.25, -0.2) is 4.79 Å². The summed E-state index contributed by atoms with van der Waals surface area (Å²) in [5.74, 6) is 1.14. The second kappa shape index (κ2) is 10.2. The number of carbonyl (C=O) groups excluding carboxylic acids is 2. The Morgan fingerprint density at radius 1 is 1.08 bits per heavy atom. The topological polar surface area (TPSA) is 78.7 Å². The Labute approximate surface area is 158 Å². The van der Waals surface area contributed by atoms with Crippen LogP contribution in [0.3, 0.4) is 0 Å². The van der Waals surface area contributed by atoms with Gasteiger partial charge in [-0.3, -0.25) is 4.79 Å². The average Bonchev–Trinajstić information content (AvgIpc) is 2.59. The predicted molar refractivity (Wildman–Crippen MR) is 103 cm³/mol. The Hall–Kier alpha value is -1.01. The zero-order chi connectivity index (χ0) is 17.7. The fourth-order valence-electron chi connectivity index (χ4n) is 3.67. The van der Waals surface area contributed by atoms with Crippen molar-refractivity contribution >= 4 is 24.3 Å². The van der Waals surface area contributed by atoms with E-state index in [0.717, 1.165) is 45.3 Å². The number of piperidine rings is 2. The first-order chi connectivity index (χ1) is 11.4. The summed E-state index contributed by atoms with van der Waals surface area (Å²) < 4.78 is 0. The maximum absolute atomic E-state index is 12.8. The highest BCUT2D eigenvalue weighted by molar-refractivity contribution is 5.85. The summed E-state index contributed by atoms with van der Waals surface area (Å²) >= 11 is 0. The molecule has 0 saturated carbocycles. The molecule has 2 atom stereocenters. The lowest BCUT2D eigenvalue weighted by molar-refractivity contribution is -0.138. The normalized spacial score (nSPS) is 23.2. The second-order valence-electron chi connectivity index (χ2n) is 7.89. The fraction of sp³-hybridized carbons (Fsp3) is 0.889. The van der Waals surface area contributed by atoms with Crippen molar-refractivity contribution in [2.75, 3.05) is 32.7 Å². The van der Waals surface area contributed by atoms with E-state index < -0.39 is 0 Å². The van der Waals surface area contributed by atoms with Gasteiger partial charge in [0.25, 0.3) is 0 Å². The minimum Gasteiger partial charge on any atom is -0.342 e. The fourth-order valence-corrected chi connectivity index (χ4v) is 3.67. The quantitative estimate of drug-likeness (QED) is 0.790. The van der Waals surface area contributed by atoms with Crippen molar-refractivity contribution in [3.63, 3.8) is 0 Å². The van der Waals surface area contributed by atoms with Gasteiger partial charge in [0.2, 0.25) is 5.91 Å². The number of rotatable bonds is 4. The lowest BCUT2D eigenvalue weighted by Gasteiger charge is -2.38. The summed E-state index contributed by atoms with van der Waals surface area (Å²) in [6, 6.07) is 0.175. The average molecular weight is 375 g/mol. The maximum atomic E-state index is 12.8. The van der Waals surface area contributed by atoms with Crippen LogP contribution in [-0.2, 0) is 4.79 Å². The molecular formula is C18H35ClN4O2. The highest BCUT2D eigenvalue weighted by Gasteiger charge is 2.33. The molecule has 3 amide bonds. The van der Waals surface area contributed by atoms with E-state index in [-0.39, 0.29) is 36.3 Å². The maximum Gasteiger partial charge on any atom is 0.317 e. The zero-order valence-corrected chi connectivity index (χ0v) is 16.7. The first-order valence-electron chi connectivity index (χ1n) is 9.45. The zero-order valence-electron chi connectivity index (χ0n) is 15.9. The Bertz CT molecular complexity index is 437. The van der Waals surface area contributed by atoms with Crippen LogP contribution in [0.2, 0.25) is 0 Å². The van der Waals surface area contributed by atoms with Crippen molar-refractivity contribution in [3.05, 3.63) is 0 Å². The third-order valence-electron chi connectivity index (χ3n) is 5.31. The number of carbonyl (C=O) groups is 2. The Balaban J connectivity index is 0.00000312. The standard InChI is InChI=1S/C18H34N4O2.ClH/c1-13(2)11-20-18(24)22-8-4-5-16(12-22)17(23)21-9-6-15(7-10-21)14(3)19;/h13-16H,4-12,19H2,1-3H3,(H,20,24);1H. The minimum atomic E-state index is -0.0459. The van der Waals surface area contributed by atoms with Crippen LogP contribution < -0.4 is 11.1 Å². The Kier molecular flexibility index (Phi) is 9.00. The van der Waals surface area contributed by atoms with E-state index in [1.807, 2.05) is 9.80 Å². The summed E-state index contributed by atoms with van der Waals surface area (Å²) in [7, 11) is 0. The van der Waals surface area contributed by atoms with Gasteiger partial charge in [0, 0.05) is 38.8 Å². The van der Waals surface area contributed by atoms with Crippen molar-refractivity contribution in [2.45, 2.75) is 52.5 Å². The largest absolute Gasteiger partial charge is 0.342 e. The van der Waals surface area contributed by atoms with Crippen molar-refractivity contribution < 1.29 is 9.59 Å². The Morgan fingerprint density at radius 2 is 1.72 bits per heavy atom. The molecule has 0 aromatic heterocycles. The summed E-state index contributed by atoms with van der Waals surface area (Å²) in [5.41, 5.74) is 5.98. The lowest BCUT2D eigenvalue weighted by Crippen LogP contribution is -2.51. The van der Waals surface area contributed by atoms with E-state index in [2.05, 4.69) is 26.1 Å². The molecule has 2 fully saturated rings. The monoisotopic (exact) mass is 374 g/mol. The molecular weight excluding hydrogens is 340 g/mol. The number of urea groups is 1. The van der Waals surface area contributed by atoms with Gasteiger partial charge in [0.05, 0.1) is 5.92 Å². The number of amides is 3. The number of likely N-dealkylation sites (tertiary alicyclic amines) is 2. The van der Waals surface area contributed by atoms with Crippen LogP contribution in [0.15, 0.2) is 0 Å². The molecule has 2 saturated heterocycles. The lowest BCUT2D eigenvalue weighted by atomic mass is 9.89. The van der Waals surface area contributed by atoms with Crippen LogP contribution in [0.4, 0.5) is 4.79 Å². The molecule has 25 heavy (non-hydrogen) atoms. The van der Waals surface area contributed by atoms with Crippen LogP contribution >= 0.6 is 12.4 Å². The van der Waals surface area contributed by atoms with Crippen LogP contribution in [-0.4, -0.2) is 60.5 Å². The highest BCUT2D eigenvalue weighted by Crippen LogP contribution is 2.24. The van der Waals surface area contributed by atoms with Crippen molar-refractivity contribution in [2.24, 2.45) is 23.5 Å².